The maximum Gasteiger partial charge on any atom is 0.408 e. The molecular weight excluding hydrogens is 282 g/mol. The summed E-state index contributed by atoms with van der Waals surface area (Å²) >= 11 is 0. The van der Waals surface area contributed by atoms with Crippen LogP contribution < -0.4 is 5.32 Å². The lowest BCUT2D eigenvalue weighted by Gasteiger charge is -2.22. The average Bonchev–Trinajstić information content (AvgIpc) is 2.37. The van der Waals surface area contributed by atoms with E-state index in [1.54, 1.807) is 6.92 Å². The van der Waals surface area contributed by atoms with Crippen LogP contribution in [0.2, 0.25) is 0 Å². The van der Waals surface area contributed by atoms with Gasteiger partial charge in [-0.3, -0.25) is 4.79 Å². The maximum atomic E-state index is 11.7. The lowest BCUT2D eigenvalue weighted by atomic mass is 10.0. The van der Waals surface area contributed by atoms with Crippen molar-refractivity contribution in [2.75, 3.05) is 6.61 Å². The van der Waals surface area contributed by atoms with Crippen LogP contribution in [-0.2, 0) is 20.7 Å². The van der Waals surface area contributed by atoms with Crippen LogP contribution in [0.3, 0.4) is 0 Å². The summed E-state index contributed by atoms with van der Waals surface area (Å²) in [5.41, 5.74) is 1.30. The molecule has 1 amide bonds. The molecular formula is C17H25NO4. The van der Waals surface area contributed by atoms with E-state index < -0.39 is 11.7 Å². The first-order chi connectivity index (χ1) is 10.2. The Morgan fingerprint density at radius 1 is 1.18 bits per heavy atom. The first-order valence-corrected chi connectivity index (χ1v) is 7.45. The molecule has 122 valence electrons. The molecule has 0 saturated carbocycles. The lowest BCUT2D eigenvalue weighted by molar-refractivity contribution is -0.142. The SMILES string of the molecule is CCOC(=O)Cc1ccc([C@@H](C)NC(=O)OC(C)(C)C)cc1. The van der Waals surface area contributed by atoms with Gasteiger partial charge < -0.3 is 14.8 Å². The summed E-state index contributed by atoms with van der Waals surface area (Å²) in [6, 6.07) is 7.32. The summed E-state index contributed by atoms with van der Waals surface area (Å²) < 4.78 is 10.1. The number of esters is 1. The maximum absolute atomic E-state index is 11.7. The number of carbonyl (C=O) groups is 2. The van der Waals surface area contributed by atoms with Gasteiger partial charge in [-0.25, -0.2) is 4.79 Å². The van der Waals surface area contributed by atoms with Crippen LogP contribution in [0.5, 0.6) is 0 Å². The van der Waals surface area contributed by atoms with Gasteiger partial charge >= 0.3 is 12.1 Å². The fourth-order valence-electron chi connectivity index (χ4n) is 1.87. The smallest absolute Gasteiger partial charge is 0.408 e. The van der Waals surface area contributed by atoms with Crippen molar-refractivity contribution in [2.45, 2.75) is 52.7 Å². The third kappa shape index (κ3) is 6.61. The molecule has 0 bridgehead atoms. The number of hydrogen-bond donors (Lipinski definition) is 1. The van der Waals surface area contributed by atoms with E-state index in [0.717, 1.165) is 11.1 Å². The molecule has 1 atom stereocenters. The van der Waals surface area contributed by atoms with Gasteiger partial charge in [-0.05, 0) is 45.7 Å². The highest BCUT2D eigenvalue weighted by Crippen LogP contribution is 2.15. The minimum Gasteiger partial charge on any atom is -0.466 e. The summed E-state index contributed by atoms with van der Waals surface area (Å²) in [5.74, 6) is -0.241. The highest BCUT2D eigenvalue weighted by molar-refractivity contribution is 5.72. The fraction of sp³-hybridized carbons (Fsp3) is 0.529. The van der Waals surface area contributed by atoms with E-state index in [1.807, 2.05) is 52.0 Å². The first kappa shape index (κ1) is 18.0. The molecule has 1 aromatic carbocycles. The Balaban J connectivity index is 2.58. The molecule has 1 aromatic rings. The molecule has 0 unspecified atom stereocenters. The molecule has 5 heteroatoms. The van der Waals surface area contributed by atoms with Crippen LogP contribution in [0.4, 0.5) is 4.79 Å². The predicted octanol–water partition coefficient (Wildman–Crippen LogP) is 3.38. The molecule has 0 aliphatic heterocycles. The molecule has 0 heterocycles. The van der Waals surface area contributed by atoms with Crippen molar-refractivity contribution >= 4 is 12.1 Å². The van der Waals surface area contributed by atoms with Gasteiger partial charge in [-0.2, -0.15) is 0 Å². The monoisotopic (exact) mass is 307 g/mol. The second-order valence-electron chi connectivity index (χ2n) is 6.09. The Hall–Kier alpha value is -2.04. The second-order valence-corrected chi connectivity index (χ2v) is 6.09. The Labute approximate surface area is 132 Å². The fourth-order valence-corrected chi connectivity index (χ4v) is 1.87. The highest BCUT2D eigenvalue weighted by atomic mass is 16.6. The van der Waals surface area contributed by atoms with Crippen LogP contribution in [0.1, 0.15) is 51.8 Å². The molecule has 0 fully saturated rings. The summed E-state index contributed by atoms with van der Waals surface area (Å²) in [6.07, 6.45) is -0.197. The van der Waals surface area contributed by atoms with Gasteiger partial charge in [0, 0.05) is 0 Å². The Morgan fingerprint density at radius 2 is 1.77 bits per heavy atom. The third-order valence-electron chi connectivity index (χ3n) is 2.87. The molecule has 1 rings (SSSR count). The topological polar surface area (TPSA) is 64.6 Å². The second kappa shape index (κ2) is 7.82. The number of alkyl carbamates (subject to hydrolysis) is 1. The number of hydrogen-bond acceptors (Lipinski definition) is 4. The van der Waals surface area contributed by atoms with Crippen molar-refractivity contribution in [3.63, 3.8) is 0 Å². The van der Waals surface area contributed by atoms with Crippen LogP contribution in [-0.4, -0.2) is 24.3 Å². The third-order valence-corrected chi connectivity index (χ3v) is 2.87. The lowest BCUT2D eigenvalue weighted by Crippen LogP contribution is -2.34. The zero-order valence-corrected chi connectivity index (χ0v) is 13.9. The molecule has 0 saturated heterocycles. The van der Waals surface area contributed by atoms with Gasteiger partial charge in [0.15, 0.2) is 0 Å². The van der Waals surface area contributed by atoms with E-state index in [4.69, 9.17) is 9.47 Å². The van der Waals surface area contributed by atoms with Gasteiger partial charge in [-0.1, -0.05) is 24.3 Å². The van der Waals surface area contributed by atoms with Gasteiger partial charge in [0.05, 0.1) is 19.1 Å². The molecule has 0 spiro atoms. The molecule has 5 nitrogen and oxygen atoms in total. The summed E-state index contributed by atoms with van der Waals surface area (Å²) in [7, 11) is 0. The van der Waals surface area contributed by atoms with E-state index in [0.29, 0.717) is 6.61 Å². The van der Waals surface area contributed by atoms with Crippen molar-refractivity contribution in [2.24, 2.45) is 0 Å². The minimum atomic E-state index is -0.521. The molecule has 0 aliphatic carbocycles. The average molecular weight is 307 g/mol. The largest absolute Gasteiger partial charge is 0.466 e. The van der Waals surface area contributed by atoms with Crippen molar-refractivity contribution in [1.82, 2.24) is 5.32 Å². The summed E-state index contributed by atoms with van der Waals surface area (Å²) in [6.45, 7) is 9.51. The van der Waals surface area contributed by atoms with Gasteiger partial charge in [-0.15, -0.1) is 0 Å². The standard InChI is InChI=1S/C17H25NO4/c1-6-21-15(19)11-13-7-9-14(10-8-13)12(2)18-16(20)22-17(3,4)5/h7-10,12H,6,11H2,1-5H3,(H,18,20)/t12-/m1/s1. The van der Waals surface area contributed by atoms with E-state index in [9.17, 15) is 9.59 Å². The molecule has 22 heavy (non-hydrogen) atoms. The van der Waals surface area contributed by atoms with Crippen molar-refractivity contribution in [3.05, 3.63) is 35.4 Å². The number of amides is 1. The van der Waals surface area contributed by atoms with Crippen molar-refractivity contribution in [3.8, 4) is 0 Å². The quantitative estimate of drug-likeness (QED) is 0.847. The molecule has 1 N–H and O–H groups in total. The summed E-state index contributed by atoms with van der Waals surface area (Å²) in [4.78, 5) is 23.1. The number of carbonyl (C=O) groups excluding carboxylic acids is 2. The van der Waals surface area contributed by atoms with Crippen molar-refractivity contribution < 1.29 is 19.1 Å². The number of rotatable bonds is 5. The van der Waals surface area contributed by atoms with E-state index in [2.05, 4.69) is 5.32 Å². The Bertz CT molecular complexity index is 502. The molecule has 0 radical (unpaired) electrons. The Kier molecular flexibility index (Phi) is 6.40. The van der Waals surface area contributed by atoms with Gasteiger partial charge in [0.25, 0.3) is 0 Å². The van der Waals surface area contributed by atoms with E-state index in [-0.39, 0.29) is 18.4 Å². The van der Waals surface area contributed by atoms with Crippen LogP contribution in [0.15, 0.2) is 24.3 Å². The Morgan fingerprint density at radius 3 is 2.27 bits per heavy atom. The van der Waals surface area contributed by atoms with Crippen LogP contribution >= 0.6 is 0 Å². The highest BCUT2D eigenvalue weighted by Gasteiger charge is 2.18. The van der Waals surface area contributed by atoms with E-state index >= 15 is 0 Å². The number of benzene rings is 1. The minimum absolute atomic E-state index is 0.175. The van der Waals surface area contributed by atoms with Gasteiger partial charge in [0.1, 0.15) is 5.60 Å². The number of ether oxygens (including phenoxy) is 2. The van der Waals surface area contributed by atoms with Crippen LogP contribution in [0.25, 0.3) is 0 Å². The van der Waals surface area contributed by atoms with Crippen molar-refractivity contribution in [1.29, 1.82) is 0 Å². The summed E-state index contributed by atoms with van der Waals surface area (Å²) in [5, 5.41) is 2.78. The normalized spacial score (nSPS) is 12.4. The van der Waals surface area contributed by atoms with Crippen LogP contribution in [0, 0.1) is 0 Å². The zero-order chi connectivity index (χ0) is 16.8. The van der Waals surface area contributed by atoms with Gasteiger partial charge in [0.2, 0.25) is 0 Å². The van der Waals surface area contributed by atoms with E-state index in [1.165, 1.54) is 0 Å². The first-order valence-electron chi connectivity index (χ1n) is 7.45. The molecule has 0 aromatic heterocycles. The number of nitrogens with one attached hydrogen (secondary N) is 1. The zero-order valence-electron chi connectivity index (χ0n) is 13.9. The molecule has 0 aliphatic rings. The predicted molar refractivity (Wildman–Crippen MR) is 84.6 cm³/mol.